The molecule has 0 aliphatic carbocycles. The first kappa shape index (κ1) is 12.5. The molecule has 2 rings (SSSR count). The first-order chi connectivity index (χ1) is 8.72. The molecular formula is C13H13ClN2O2. The molecule has 0 aliphatic heterocycles. The lowest BCUT2D eigenvalue weighted by Crippen LogP contribution is -1.98. The highest BCUT2D eigenvalue weighted by molar-refractivity contribution is 6.32. The molecule has 5 heteroatoms. The van der Waals surface area contributed by atoms with E-state index in [0.29, 0.717) is 34.7 Å². The summed E-state index contributed by atoms with van der Waals surface area (Å²) in [4.78, 5) is 4.11. The number of halogens is 1. The lowest BCUT2D eigenvalue weighted by molar-refractivity contribution is 0.316. The third-order valence-electron chi connectivity index (χ3n) is 2.23. The minimum Gasteiger partial charge on any atom is -0.488 e. The van der Waals surface area contributed by atoms with Crippen molar-refractivity contribution in [2.75, 3.05) is 12.3 Å². The van der Waals surface area contributed by atoms with Crippen molar-refractivity contribution in [3.05, 3.63) is 41.6 Å². The molecule has 2 aromatic rings. The van der Waals surface area contributed by atoms with Gasteiger partial charge in [0.05, 0.1) is 17.3 Å². The van der Waals surface area contributed by atoms with E-state index in [4.69, 9.17) is 26.8 Å². The van der Waals surface area contributed by atoms with Crippen LogP contribution in [0.2, 0.25) is 5.02 Å². The van der Waals surface area contributed by atoms with E-state index >= 15 is 0 Å². The van der Waals surface area contributed by atoms with Gasteiger partial charge in [0.2, 0.25) is 0 Å². The van der Waals surface area contributed by atoms with Crippen LogP contribution in [0.25, 0.3) is 0 Å². The Labute approximate surface area is 110 Å². The number of hydrogen-bond acceptors (Lipinski definition) is 4. The number of rotatable bonds is 4. The zero-order chi connectivity index (χ0) is 13.0. The Morgan fingerprint density at radius 2 is 2.11 bits per heavy atom. The van der Waals surface area contributed by atoms with Crippen LogP contribution >= 0.6 is 11.6 Å². The molecule has 2 N–H and O–H groups in total. The van der Waals surface area contributed by atoms with Crippen molar-refractivity contribution in [2.24, 2.45) is 0 Å². The normalized spacial score (nSPS) is 10.1. The number of ether oxygens (including phenoxy) is 2. The summed E-state index contributed by atoms with van der Waals surface area (Å²) in [5.41, 5.74) is 6.27. The van der Waals surface area contributed by atoms with Gasteiger partial charge in [0.15, 0.2) is 11.5 Å². The summed E-state index contributed by atoms with van der Waals surface area (Å²) in [6.45, 7) is 2.42. The maximum atomic E-state index is 6.04. The van der Waals surface area contributed by atoms with Gasteiger partial charge in [0.25, 0.3) is 5.88 Å². The second-order valence-corrected chi connectivity index (χ2v) is 3.91. The SMILES string of the molecule is CCOc1cccnc1Oc1c(N)cccc1Cl. The number of benzene rings is 1. The third kappa shape index (κ3) is 2.65. The number of nitrogen functional groups attached to an aromatic ring is 1. The zero-order valence-corrected chi connectivity index (χ0v) is 10.6. The fraction of sp³-hybridized carbons (Fsp3) is 0.154. The van der Waals surface area contributed by atoms with Crippen molar-refractivity contribution in [1.82, 2.24) is 4.98 Å². The number of hydrogen-bond donors (Lipinski definition) is 1. The van der Waals surface area contributed by atoms with Crippen LogP contribution in [0.4, 0.5) is 5.69 Å². The van der Waals surface area contributed by atoms with Crippen molar-refractivity contribution in [1.29, 1.82) is 0 Å². The molecule has 0 fully saturated rings. The average molecular weight is 265 g/mol. The molecule has 0 saturated heterocycles. The van der Waals surface area contributed by atoms with Crippen molar-refractivity contribution >= 4 is 17.3 Å². The van der Waals surface area contributed by atoms with Gasteiger partial charge >= 0.3 is 0 Å². The monoisotopic (exact) mass is 264 g/mol. The molecule has 0 aliphatic rings. The van der Waals surface area contributed by atoms with Crippen LogP contribution in [0.3, 0.4) is 0 Å². The second kappa shape index (κ2) is 5.60. The van der Waals surface area contributed by atoms with Gasteiger partial charge in [-0.3, -0.25) is 0 Å². The summed E-state index contributed by atoms with van der Waals surface area (Å²) in [5, 5.41) is 0.433. The highest BCUT2D eigenvalue weighted by Gasteiger charge is 2.11. The Kier molecular flexibility index (Phi) is 3.89. The van der Waals surface area contributed by atoms with Crippen LogP contribution in [-0.4, -0.2) is 11.6 Å². The maximum absolute atomic E-state index is 6.04. The number of nitrogens with two attached hydrogens (primary N) is 1. The average Bonchev–Trinajstić information content (AvgIpc) is 2.36. The van der Waals surface area contributed by atoms with Gasteiger partial charge in [0.1, 0.15) is 0 Å². The van der Waals surface area contributed by atoms with Crippen LogP contribution < -0.4 is 15.2 Å². The molecule has 0 saturated carbocycles. The summed E-state index contributed by atoms with van der Waals surface area (Å²) in [6, 6.07) is 8.72. The Bertz CT molecular complexity index is 526. The van der Waals surface area contributed by atoms with Gasteiger partial charge in [-0.15, -0.1) is 0 Å². The van der Waals surface area contributed by atoms with Gasteiger partial charge in [-0.05, 0) is 31.2 Å². The van der Waals surface area contributed by atoms with Crippen LogP contribution in [0.15, 0.2) is 36.5 Å². The first-order valence-corrected chi connectivity index (χ1v) is 5.89. The topological polar surface area (TPSA) is 57.4 Å². The van der Waals surface area contributed by atoms with E-state index in [1.807, 2.05) is 6.92 Å². The van der Waals surface area contributed by atoms with Crippen LogP contribution in [0.5, 0.6) is 17.4 Å². The quantitative estimate of drug-likeness (QED) is 0.859. The van der Waals surface area contributed by atoms with Gasteiger partial charge in [0, 0.05) is 6.20 Å². The molecule has 1 aromatic carbocycles. The minimum absolute atomic E-state index is 0.346. The van der Waals surface area contributed by atoms with E-state index in [0.717, 1.165) is 0 Å². The molecule has 94 valence electrons. The van der Waals surface area contributed by atoms with Gasteiger partial charge in [-0.25, -0.2) is 4.98 Å². The zero-order valence-electron chi connectivity index (χ0n) is 9.89. The Hall–Kier alpha value is -1.94. The third-order valence-corrected chi connectivity index (χ3v) is 2.53. The van der Waals surface area contributed by atoms with Crippen LogP contribution in [0.1, 0.15) is 6.92 Å². The largest absolute Gasteiger partial charge is 0.488 e. The van der Waals surface area contributed by atoms with Crippen LogP contribution in [0, 0.1) is 0 Å². The number of pyridine rings is 1. The summed E-state index contributed by atoms with van der Waals surface area (Å²) < 4.78 is 11.0. The number of para-hydroxylation sites is 1. The van der Waals surface area contributed by atoms with E-state index in [2.05, 4.69) is 4.98 Å². The second-order valence-electron chi connectivity index (χ2n) is 3.50. The molecule has 0 bridgehead atoms. The van der Waals surface area contributed by atoms with Crippen molar-refractivity contribution < 1.29 is 9.47 Å². The molecule has 0 radical (unpaired) electrons. The van der Waals surface area contributed by atoms with E-state index in [1.54, 1.807) is 36.5 Å². The highest BCUT2D eigenvalue weighted by Crippen LogP contribution is 2.37. The van der Waals surface area contributed by atoms with Gasteiger partial charge in [-0.1, -0.05) is 17.7 Å². The van der Waals surface area contributed by atoms with E-state index in [-0.39, 0.29) is 0 Å². The first-order valence-electron chi connectivity index (χ1n) is 5.52. The number of anilines is 1. The fourth-order valence-corrected chi connectivity index (χ4v) is 1.67. The van der Waals surface area contributed by atoms with E-state index in [1.165, 1.54) is 0 Å². The Morgan fingerprint density at radius 3 is 2.83 bits per heavy atom. The summed E-state index contributed by atoms with van der Waals surface area (Å²) in [5.74, 6) is 1.29. The molecule has 0 atom stereocenters. The predicted molar refractivity (Wildman–Crippen MR) is 71.3 cm³/mol. The summed E-state index contributed by atoms with van der Waals surface area (Å²) >= 11 is 6.04. The standard InChI is InChI=1S/C13H13ClN2O2/c1-2-17-11-7-4-8-16-13(11)18-12-9(14)5-3-6-10(12)15/h3-8H,2,15H2,1H3. The Balaban J connectivity index is 2.34. The maximum Gasteiger partial charge on any atom is 0.262 e. The summed E-state index contributed by atoms with van der Waals surface area (Å²) in [6.07, 6.45) is 1.62. The van der Waals surface area contributed by atoms with Crippen LogP contribution in [-0.2, 0) is 0 Å². The highest BCUT2D eigenvalue weighted by atomic mass is 35.5. The van der Waals surface area contributed by atoms with E-state index < -0.39 is 0 Å². The van der Waals surface area contributed by atoms with Crippen molar-refractivity contribution in [3.8, 4) is 17.4 Å². The fourth-order valence-electron chi connectivity index (χ4n) is 1.45. The molecular weight excluding hydrogens is 252 g/mol. The van der Waals surface area contributed by atoms with E-state index in [9.17, 15) is 0 Å². The molecule has 18 heavy (non-hydrogen) atoms. The minimum atomic E-state index is 0.346. The molecule has 4 nitrogen and oxygen atoms in total. The number of nitrogens with zero attached hydrogens (tertiary/aromatic N) is 1. The molecule has 0 amide bonds. The van der Waals surface area contributed by atoms with Gasteiger partial charge in [-0.2, -0.15) is 0 Å². The van der Waals surface area contributed by atoms with Gasteiger partial charge < -0.3 is 15.2 Å². The number of aromatic nitrogens is 1. The molecule has 0 spiro atoms. The van der Waals surface area contributed by atoms with Crippen molar-refractivity contribution in [3.63, 3.8) is 0 Å². The smallest absolute Gasteiger partial charge is 0.262 e. The molecule has 1 heterocycles. The Morgan fingerprint density at radius 1 is 1.28 bits per heavy atom. The molecule has 1 aromatic heterocycles. The lowest BCUT2D eigenvalue weighted by Gasteiger charge is -2.12. The lowest BCUT2D eigenvalue weighted by atomic mass is 10.3. The van der Waals surface area contributed by atoms with Crippen molar-refractivity contribution in [2.45, 2.75) is 6.92 Å². The molecule has 0 unspecified atom stereocenters. The summed E-state index contributed by atoms with van der Waals surface area (Å²) in [7, 11) is 0. The predicted octanol–water partition coefficient (Wildman–Crippen LogP) is 3.51.